The Bertz CT molecular complexity index is 390. The van der Waals surface area contributed by atoms with Crippen LogP contribution < -0.4 is 0 Å². The molecule has 1 aromatic carbocycles. The van der Waals surface area contributed by atoms with E-state index in [1.54, 1.807) is 0 Å². The van der Waals surface area contributed by atoms with E-state index in [1.165, 1.54) is 7.11 Å². The summed E-state index contributed by atoms with van der Waals surface area (Å²) >= 11 is 2.18. The van der Waals surface area contributed by atoms with Crippen molar-refractivity contribution in [3.05, 3.63) is 33.4 Å². The maximum Gasteiger partial charge on any atom is 0.399 e. The minimum absolute atomic E-state index is 0.256. The van der Waals surface area contributed by atoms with E-state index in [4.69, 9.17) is 0 Å². The van der Waals surface area contributed by atoms with E-state index in [0.717, 1.165) is 20.1 Å². The van der Waals surface area contributed by atoms with Gasteiger partial charge in [-0.15, -0.1) is 0 Å². The lowest BCUT2D eigenvalue weighted by molar-refractivity contribution is -0.783. The van der Waals surface area contributed by atoms with E-state index in [0.29, 0.717) is 0 Å². The van der Waals surface area contributed by atoms with E-state index >= 15 is 0 Å². The summed E-state index contributed by atoms with van der Waals surface area (Å²) in [5.74, 6) is -0.580. The third-order valence-electron chi connectivity index (χ3n) is 1.69. The lowest BCUT2D eigenvalue weighted by Crippen LogP contribution is -2.15. The third-order valence-corrected chi connectivity index (χ3v) is 2.36. The van der Waals surface area contributed by atoms with Crippen LogP contribution in [0.25, 0.3) is 0 Å². The minimum atomic E-state index is -0.580. The van der Waals surface area contributed by atoms with Crippen LogP contribution in [0.5, 0.6) is 0 Å². The second-order valence-corrected chi connectivity index (χ2v) is 4.13. The number of methoxy groups -OCH3 is 1. The standard InChI is InChI=1S/C10H11INO3/c1-15-10(13)7-12(14)6-8-3-2-4-9(11)5-8/h2-5,7,14H,6H2,1H3/q+1/b12-7-. The molecule has 0 aliphatic rings. The highest BCUT2D eigenvalue weighted by Gasteiger charge is 2.08. The maximum absolute atomic E-state index is 10.8. The topological polar surface area (TPSA) is 49.5 Å². The average molecular weight is 320 g/mol. The summed E-state index contributed by atoms with van der Waals surface area (Å²) in [5, 5.41) is 9.37. The van der Waals surface area contributed by atoms with Crippen molar-refractivity contribution in [2.75, 3.05) is 7.11 Å². The summed E-state index contributed by atoms with van der Waals surface area (Å²) in [7, 11) is 1.26. The summed E-state index contributed by atoms with van der Waals surface area (Å²) in [6.07, 6.45) is 1.000. The number of halogens is 1. The summed E-state index contributed by atoms with van der Waals surface area (Å²) in [5.41, 5.74) is 0.921. The van der Waals surface area contributed by atoms with Gasteiger partial charge >= 0.3 is 5.97 Å². The maximum atomic E-state index is 10.8. The molecule has 0 radical (unpaired) electrons. The quantitative estimate of drug-likeness (QED) is 0.229. The molecule has 1 aromatic rings. The normalized spacial score (nSPS) is 11.2. The van der Waals surface area contributed by atoms with E-state index in [-0.39, 0.29) is 6.54 Å². The molecule has 0 fully saturated rings. The first-order chi connectivity index (χ1) is 7.11. The van der Waals surface area contributed by atoms with Crippen molar-refractivity contribution in [2.45, 2.75) is 6.54 Å². The molecule has 0 aromatic heterocycles. The molecule has 0 aliphatic heterocycles. The SMILES string of the molecule is COC(=O)/C=[N+](\O)Cc1cccc(I)c1. The number of rotatable bonds is 3. The van der Waals surface area contributed by atoms with Crippen molar-refractivity contribution in [3.8, 4) is 0 Å². The molecule has 1 rings (SSSR count). The molecule has 0 saturated carbocycles. The van der Waals surface area contributed by atoms with Crippen LogP contribution in [-0.2, 0) is 16.1 Å². The van der Waals surface area contributed by atoms with Gasteiger partial charge in [0, 0.05) is 9.13 Å². The summed E-state index contributed by atoms with van der Waals surface area (Å²) < 4.78 is 6.27. The molecular formula is C10H11INO3+. The first-order valence-electron chi connectivity index (χ1n) is 4.24. The van der Waals surface area contributed by atoms with Gasteiger partial charge in [-0.25, -0.2) is 4.79 Å². The largest absolute Gasteiger partial charge is 0.461 e. The molecule has 5 heteroatoms. The van der Waals surface area contributed by atoms with Gasteiger partial charge in [0.05, 0.1) is 7.11 Å². The Morgan fingerprint density at radius 1 is 1.67 bits per heavy atom. The highest BCUT2D eigenvalue weighted by Crippen LogP contribution is 2.07. The van der Waals surface area contributed by atoms with Gasteiger partial charge in [0.15, 0.2) is 0 Å². The molecule has 1 N–H and O–H groups in total. The zero-order chi connectivity index (χ0) is 11.3. The van der Waals surface area contributed by atoms with Gasteiger partial charge in [-0.1, -0.05) is 12.1 Å². The van der Waals surface area contributed by atoms with Crippen molar-refractivity contribution in [3.63, 3.8) is 0 Å². The Balaban J connectivity index is 2.70. The zero-order valence-corrected chi connectivity index (χ0v) is 10.3. The van der Waals surface area contributed by atoms with Crippen LogP contribution in [0.2, 0.25) is 0 Å². The fourth-order valence-corrected chi connectivity index (χ4v) is 1.65. The molecule has 4 nitrogen and oxygen atoms in total. The molecule has 0 atom stereocenters. The zero-order valence-electron chi connectivity index (χ0n) is 8.18. The van der Waals surface area contributed by atoms with Crippen LogP contribution >= 0.6 is 22.6 Å². The van der Waals surface area contributed by atoms with Crippen molar-refractivity contribution >= 4 is 34.8 Å². The van der Waals surface area contributed by atoms with Crippen LogP contribution in [0.1, 0.15) is 5.56 Å². The number of esters is 1. The number of benzene rings is 1. The Kier molecular flexibility index (Phi) is 4.54. The number of carbonyl (C=O) groups is 1. The smallest absolute Gasteiger partial charge is 0.399 e. The van der Waals surface area contributed by atoms with Gasteiger partial charge in [-0.2, -0.15) is 0 Å². The van der Waals surface area contributed by atoms with Gasteiger partial charge in [-0.05, 0) is 39.5 Å². The molecule has 0 unspecified atom stereocenters. The number of ether oxygens (including phenoxy) is 1. The van der Waals surface area contributed by atoms with Gasteiger partial charge in [0.2, 0.25) is 6.54 Å². The lowest BCUT2D eigenvalue weighted by atomic mass is 10.2. The Morgan fingerprint density at radius 2 is 2.40 bits per heavy atom. The highest BCUT2D eigenvalue weighted by atomic mass is 127. The lowest BCUT2D eigenvalue weighted by Gasteiger charge is -1.96. The van der Waals surface area contributed by atoms with Gasteiger partial charge in [0.25, 0.3) is 6.21 Å². The number of hydrogen-bond donors (Lipinski definition) is 1. The van der Waals surface area contributed by atoms with E-state index in [1.807, 2.05) is 24.3 Å². The fraction of sp³-hybridized carbons (Fsp3) is 0.200. The molecule has 80 valence electrons. The van der Waals surface area contributed by atoms with E-state index < -0.39 is 5.97 Å². The van der Waals surface area contributed by atoms with Gasteiger partial charge in [-0.3, -0.25) is 5.21 Å². The van der Waals surface area contributed by atoms with Crippen LogP contribution in [0.15, 0.2) is 24.3 Å². The van der Waals surface area contributed by atoms with Crippen LogP contribution in [0.4, 0.5) is 0 Å². The first kappa shape index (κ1) is 12.0. The number of nitrogens with zero attached hydrogens (tertiary/aromatic N) is 1. The second kappa shape index (κ2) is 5.69. The highest BCUT2D eigenvalue weighted by molar-refractivity contribution is 14.1. The average Bonchev–Trinajstić information content (AvgIpc) is 2.17. The summed E-state index contributed by atoms with van der Waals surface area (Å²) in [6.45, 7) is 0.256. The Labute approximate surface area is 101 Å². The number of hydrogen-bond acceptors (Lipinski definition) is 3. The molecule has 0 bridgehead atoms. The van der Waals surface area contributed by atoms with Gasteiger partial charge in [0.1, 0.15) is 0 Å². The molecule has 0 heterocycles. The Hall–Kier alpha value is -1.11. The van der Waals surface area contributed by atoms with Crippen LogP contribution in [0.3, 0.4) is 0 Å². The molecule has 0 saturated heterocycles. The third kappa shape index (κ3) is 4.28. The minimum Gasteiger partial charge on any atom is -0.461 e. The van der Waals surface area contributed by atoms with Crippen LogP contribution in [0, 0.1) is 3.57 Å². The summed E-state index contributed by atoms with van der Waals surface area (Å²) in [6, 6.07) is 7.64. The van der Waals surface area contributed by atoms with Crippen molar-refractivity contribution in [2.24, 2.45) is 0 Å². The molecule has 15 heavy (non-hydrogen) atoms. The number of carbonyl (C=O) groups excluding carboxylic acids is 1. The van der Waals surface area contributed by atoms with E-state index in [9.17, 15) is 10.0 Å². The molecular weight excluding hydrogens is 309 g/mol. The molecule has 0 spiro atoms. The molecule has 0 aliphatic carbocycles. The summed E-state index contributed by atoms with van der Waals surface area (Å²) in [4.78, 5) is 10.8. The predicted octanol–water partition coefficient (Wildman–Crippen LogP) is 1.44. The first-order valence-corrected chi connectivity index (χ1v) is 5.32. The van der Waals surface area contributed by atoms with Crippen molar-refractivity contribution in [1.29, 1.82) is 0 Å². The fourth-order valence-electron chi connectivity index (χ4n) is 1.04. The monoisotopic (exact) mass is 320 g/mol. The van der Waals surface area contributed by atoms with Crippen molar-refractivity contribution in [1.82, 2.24) is 0 Å². The molecule has 0 amide bonds. The second-order valence-electron chi connectivity index (χ2n) is 2.88. The van der Waals surface area contributed by atoms with Crippen molar-refractivity contribution < 1.29 is 19.5 Å². The van der Waals surface area contributed by atoms with E-state index in [2.05, 4.69) is 27.3 Å². The predicted molar refractivity (Wildman–Crippen MR) is 63.0 cm³/mol. The number of hydroxylamine groups is 1. The van der Waals surface area contributed by atoms with Gasteiger partial charge < -0.3 is 4.74 Å². The Morgan fingerprint density at radius 3 is 3.00 bits per heavy atom. The van der Waals surface area contributed by atoms with Crippen LogP contribution in [-0.4, -0.2) is 29.2 Å².